The van der Waals surface area contributed by atoms with Gasteiger partial charge in [-0.1, -0.05) is 0 Å². The van der Waals surface area contributed by atoms with E-state index in [1.807, 2.05) is 0 Å². The number of nitrogens with zero attached hydrogens (tertiary/aromatic N) is 3. The van der Waals surface area contributed by atoms with Crippen LogP contribution < -0.4 is 10.9 Å². The van der Waals surface area contributed by atoms with Crippen molar-refractivity contribution in [3.63, 3.8) is 0 Å². The summed E-state index contributed by atoms with van der Waals surface area (Å²) in [4.78, 5) is 13.4. The summed E-state index contributed by atoms with van der Waals surface area (Å²) in [7, 11) is 0. The summed E-state index contributed by atoms with van der Waals surface area (Å²) in [6.45, 7) is 2.22. The first-order valence-corrected chi connectivity index (χ1v) is 7.88. The highest BCUT2D eigenvalue weighted by atomic mass is 79.9. The highest BCUT2D eigenvalue weighted by Crippen LogP contribution is 2.19. The molecule has 0 unspecified atom stereocenters. The zero-order chi connectivity index (χ0) is 13.9. The normalized spacial score (nSPS) is 11.2. The quantitative estimate of drug-likeness (QED) is 0.715. The minimum Gasteiger partial charge on any atom is -0.311 e. The molecule has 20 heavy (non-hydrogen) atoms. The topological polar surface area (TPSA) is 51.3 Å². The maximum absolute atomic E-state index is 12.1. The largest absolute Gasteiger partial charge is 0.311 e. The number of rotatable bonds is 5. The van der Waals surface area contributed by atoms with Gasteiger partial charge in [-0.15, -0.1) is 11.3 Å². The smallest absolute Gasteiger partial charge is 0.276 e. The highest BCUT2D eigenvalue weighted by Gasteiger charge is 2.03. The van der Waals surface area contributed by atoms with E-state index in [1.165, 1.54) is 4.88 Å². The summed E-state index contributed by atoms with van der Waals surface area (Å²) in [5.41, 5.74) is 0.598. The molecule has 5 nitrogen and oxygen atoms in total. The zero-order valence-corrected chi connectivity index (χ0v) is 13.0. The lowest BCUT2D eigenvalue weighted by atomic mass is 10.4. The van der Waals surface area contributed by atoms with Crippen molar-refractivity contribution in [2.75, 3.05) is 6.54 Å². The number of hydrogen-bond donors (Lipinski definition) is 1. The summed E-state index contributed by atoms with van der Waals surface area (Å²) in [5.74, 6) is 0. The van der Waals surface area contributed by atoms with Crippen molar-refractivity contribution in [2.45, 2.75) is 13.1 Å². The Kier molecular flexibility index (Phi) is 4.00. The molecule has 7 heteroatoms. The Hall–Kier alpha value is -1.44. The van der Waals surface area contributed by atoms with Crippen molar-refractivity contribution < 1.29 is 0 Å². The number of fused-ring (bicyclic) bond motifs is 1. The minimum atomic E-state index is -0.00864. The first kappa shape index (κ1) is 13.5. The second-order valence-corrected chi connectivity index (χ2v) is 6.28. The lowest BCUT2D eigenvalue weighted by Crippen LogP contribution is -2.27. The van der Waals surface area contributed by atoms with E-state index in [0.29, 0.717) is 12.1 Å². The van der Waals surface area contributed by atoms with Gasteiger partial charge in [0.2, 0.25) is 0 Å². The van der Waals surface area contributed by atoms with E-state index in [1.54, 1.807) is 45.1 Å². The van der Waals surface area contributed by atoms with Crippen LogP contribution in [0.4, 0.5) is 0 Å². The van der Waals surface area contributed by atoms with Gasteiger partial charge >= 0.3 is 0 Å². The van der Waals surface area contributed by atoms with E-state index in [2.05, 4.69) is 37.8 Å². The van der Waals surface area contributed by atoms with Crippen molar-refractivity contribution in [2.24, 2.45) is 0 Å². The number of aromatic nitrogens is 3. The van der Waals surface area contributed by atoms with Crippen LogP contribution in [0.2, 0.25) is 0 Å². The Morgan fingerprint density at radius 1 is 1.40 bits per heavy atom. The van der Waals surface area contributed by atoms with Gasteiger partial charge < -0.3 is 9.88 Å². The van der Waals surface area contributed by atoms with E-state index in [0.717, 1.165) is 17.6 Å². The highest BCUT2D eigenvalue weighted by molar-refractivity contribution is 9.10. The van der Waals surface area contributed by atoms with Crippen LogP contribution in [0.15, 0.2) is 45.4 Å². The summed E-state index contributed by atoms with van der Waals surface area (Å²) in [5, 5.41) is 9.45. The Morgan fingerprint density at radius 2 is 2.30 bits per heavy atom. The van der Waals surface area contributed by atoms with Gasteiger partial charge in [0.1, 0.15) is 5.52 Å². The Bertz CT molecular complexity index is 776. The molecule has 3 heterocycles. The average Bonchev–Trinajstić information content (AvgIpc) is 3.06. The number of halogens is 1. The Balaban J connectivity index is 1.59. The fraction of sp³-hybridized carbons (Fsp3) is 0.231. The molecule has 0 saturated heterocycles. The Morgan fingerprint density at radius 3 is 3.10 bits per heavy atom. The average molecular weight is 353 g/mol. The third kappa shape index (κ3) is 2.84. The molecule has 3 aromatic heterocycles. The van der Waals surface area contributed by atoms with Crippen LogP contribution in [0.3, 0.4) is 0 Å². The number of nitrogens with one attached hydrogen (secondary N) is 1. The monoisotopic (exact) mass is 352 g/mol. The molecule has 0 aliphatic rings. The minimum absolute atomic E-state index is 0.00864. The van der Waals surface area contributed by atoms with Crippen LogP contribution in [0.5, 0.6) is 0 Å². The third-order valence-corrected chi connectivity index (χ3v) is 4.69. The van der Waals surface area contributed by atoms with Crippen molar-refractivity contribution in [3.8, 4) is 0 Å². The van der Waals surface area contributed by atoms with Crippen molar-refractivity contribution in [3.05, 3.63) is 55.8 Å². The summed E-state index contributed by atoms with van der Waals surface area (Å²) in [6.07, 6.45) is 5.20. The molecule has 3 aromatic rings. The van der Waals surface area contributed by atoms with Crippen LogP contribution in [0.1, 0.15) is 4.88 Å². The van der Waals surface area contributed by atoms with Crippen molar-refractivity contribution >= 4 is 32.8 Å². The molecule has 1 N–H and O–H groups in total. The standard InChI is InChI=1S/C13H13BrN4OS/c14-10-7-11(20-9-10)8-15-3-4-17-5-6-18-12(13(17)19)1-2-16-18/h1-2,5-7,9,15H,3-4,8H2. The van der Waals surface area contributed by atoms with Crippen molar-refractivity contribution in [1.82, 2.24) is 19.5 Å². The molecule has 3 rings (SSSR count). The molecule has 0 aromatic carbocycles. The lowest BCUT2D eigenvalue weighted by Gasteiger charge is -2.07. The predicted molar refractivity (Wildman–Crippen MR) is 83.2 cm³/mol. The maximum Gasteiger partial charge on any atom is 0.276 e. The molecule has 0 radical (unpaired) electrons. The molecule has 0 aliphatic carbocycles. The number of thiophene rings is 1. The van der Waals surface area contributed by atoms with Gasteiger partial charge in [-0.05, 0) is 28.1 Å². The van der Waals surface area contributed by atoms with Crippen molar-refractivity contribution in [1.29, 1.82) is 0 Å². The third-order valence-electron chi connectivity index (χ3n) is 2.99. The second-order valence-electron chi connectivity index (χ2n) is 4.37. The molecule has 0 atom stereocenters. The molecular weight excluding hydrogens is 340 g/mol. The van der Waals surface area contributed by atoms with E-state index in [9.17, 15) is 4.79 Å². The van der Waals surface area contributed by atoms with Gasteiger partial charge in [0.25, 0.3) is 5.56 Å². The van der Waals surface area contributed by atoms with Gasteiger partial charge in [-0.3, -0.25) is 4.79 Å². The van der Waals surface area contributed by atoms with E-state index < -0.39 is 0 Å². The van der Waals surface area contributed by atoms with E-state index >= 15 is 0 Å². The fourth-order valence-corrected chi connectivity index (χ4v) is 3.42. The fourth-order valence-electron chi connectivity index (χ4n) is 1.99. The predicted octanol–water partition coefficient (Wildman–Crippen LogP) is 2.11. The second kappa shape index (κ2) is 5.90. The SMILES string of the molecule is O=c1c2ccnn2ccn1CCNCc1cc(Br)cs1. The molecule has 0 fully saturated rings. The van der Waals surface area contributed by atoms with Crippen LogP contribution in [0, 0.1) is 0 Å². The molecule has 0 bridgehead atoms. The van der Waals surface area contributed by atoms with Crippen LogP contribution in [-0.4, -0.2) is 20.7 Å². The van der Waals surface area contributed by atoms with Gasteiger partial charge in [-0.25, -0.2) is 4.52 Å². The van der Waals surface area contributed by atoms with Gasteiger partial charge in [0.15, 0.2) is 0 Å². The molecule has 0 saturated carbocycles. The number of hydrogen-bond acceptors (Lipinski definition) is 4. The van der Waals surface area contributed by atoms with Gasteiger partial charge in [0.05, 0.1) is 6.20 Å². The zero-order valence-electron chi connectivity index (χ0n) is 10.6. The summed E-state index contributed by atoms with van der Waals surface area (Å²) in [6, 6.07) is 3.83. The van der Waals surface area contributed by atoms with E-state index in [4.69, 9.17) is 0 Å². The molecular formula is C13H13BrN4OS. The van der Waals surface area contributed by atoms with Crippen LogP contribution in [-0.2, 0) is 13.1 Å². The van der Waals surface area contributed by atoms with E-state index in [-0.39, 0.29) is 5.56 Å². The molecule has 0 aliphatic heterocycles. The molecule has 104 valence electrons. The summed E-state index contributed by atoms with van der Waals surface area (Å²) < 4.78 is 4.41. The Labute approximate surface area is 128 Å². The van der Waals surface area contributed by atoms with Crippen LogP contribution in [0.25, 0.3) is 5.52 Å². The van der Waals surface area contributed by atoms with Gasteiger partial charge in [-0.2, -0.15) is 5.10 Å². The van der Waals surface area contributed by atoms with Gasteiger partial charge in [0, 0.05) is 46.8 Å². The summed E-state index contributed by atoms with van der Waals surface area (Å²) >= 11 is 5.15. The van der Waals surface area contributed by atoms with Crippen LogP contribution >= 0.6 is 27.3 Å². The first-order valence-electron chi connectivity index (χ1n) is 6.20. The molecule has 0 amide bonds. The maximum atomic E-state index is 12.1. The molecule has 0 spiro atoms. The lowest BCUT2D eigenvalue weighted by molar-refractivity contribution is 0.585. The first-order chi connectivity index (χ1) is 9.74.